The Kier molecular flexibility index (Phi) is 4.75. The number of carbonyl (C=O) groups excluding carboxylic acids is 1. The van der Waals surface area contributed by atoms with Gasteiger partial charge in [-0.05, 0) is 69.7 Å². The minimum Gasteiger partial charge on any atom is -0.494 e. The van der Waals surface area contributed by atoms with Crippen molar-refractivity contribution in [3.05, 3.63) is 58.1 Å². The van der Waals surface area contributed by atoms with Crippen molar-refractivity contribution in [1.29, 1.82) is 0 Å². The van der Waals surface area contributed by atoms with Crippen molar-refractivity contribution in [2.45, 2.75) is 6.92 Å². The lowest BCUT2D eigenvalue weighted by Gasteiger charge is -2.12. The molecule has 0 aliphatic heterocycles. The van der Waals surface area contributed by atoms with Crippen LogP contribution in [0.15, 0.2) is 40.9 Å². The Morgan fingerprint density at radius 2 is 2.08 bits per heavy atom. The van der Waals surface area contributed by atoms with Gasteiger partial charge in [0.05, 0.1) is 12.7 Å². The first kappa shape index (κ1) is 17.0. The van der Waals surface area contributed by atoms with Crippen LogP contribution in [0.4, 0.5) is 10.1 Å². The zero-order valence-electron chi connectivity index (χ0n) is 13.3. The Hall–Kier alpha value is -2.81. The molecule has 0 atom stereocenters. The van der Waals surface area contributed by atoms with Gasteiger partial charge in [-0.2, -0.15) is 4.68 Å². The molecule has 1 aromatic heterocycles. The number of nitrogens with zero attached hydrogens (tertiary/aromatic N) is 4. The summed E-state index contributed by atoms with van der Waals surface area (Å²) >= 11 is 3.19. The first-order valence-corrected chi connectivity index (χ1v) is 7.98. The molecule has 3 aromatic rings. The molecule has 0 saturated carbocycles. The van der Waals surface area contributed by atoms with Crippen LogP contribution in [0.5, 0.6) is 5.75 Å². The number of hydrogen-bond donors (Lipinski definition) is 1. The minimum atomic E-state index is -0.427. The smallest absolute Gasteiger partial charge is 0.256 e. The van der Waals surface area contributed by atoms with Crippen molar-refractivity contribution < 1.29 is 13.9 Å². The maximum atomic E-state index is 13.2. The normalized spacial score (nSPS) is 10.6. The summed E-state index contributed by atoms with van der Waals surface area (Å²) in [4.78, 5) is 12.4. The lowest BCUT2D eigenvalue weighted by molar-refractivity contribution is 0.102. The number of methoxy groups -OCH3 is 1. The molecule has 3 rings (SSSR count). The molecule has 0 spiro atoms. The molecule has 1 N–H and O–H groups in total. The van der Waals surface area contributed by atoms with Gasteiger partial charge in [-0.25, -0.2) is 4.39 Å². The fourth-order valence-corrected chi connectivity index (χ4v) is 2.79. The zero-order valence-corrected chi connectivity index (χ0v) is 14.9. The summed E-state index contributed by atoms with van der Waals surface area (Å²) in [5.74, 6) is 0.320. The number of aryl methyl sites for hydroxylation is 1. The number of anilines is 1. The monoisotopic (exact) mass is 405 g/mol. The maximum absolute atomic E-state index is 13.2. The fourth-order valence-electron chi connectivity index (χ4n) is 2.26. The van der Waals surface area contributed by atoms with Gasteiger partial charge in [0.1, 0.15) is 17.3 Å². The predicted molar refractivity (Wildman–Crippen MR) is 92.5 cm³/mol. The minimum absolute atomic E-state index is 0.317. The number of rotatable bonds is 4. The van der Waals surface area contributed by atoms with Gasteiger partial charge in [0.2, 0.25) is 0 Å². The van der Waals surface area contributed by atoms with Crippen molar-refractivity contribution in [2.24, 2.45) is 0 Å². The van der Waals surface area contributed by atoms with E-state index in [1.165, 1.54) is 30.0 Å². The van der Waals surface area contributed by atoms with E-state index in [0.717, 1.165) is 0 Å². The Morgan fingerprint density at radius 1 is 1.28 bits per heavy atom. The molecule has 7 nitrogen and oxygen atoms in total. The van der Waals surface area contributed by atoms with Gasteiger partial charge in [-0.1, -0.05) is 0 Å². The average Bonchev–Trinajstić information content (AvgIpc) is 3.00. The highest BCUT2D eigenvalue weighted by Crippen LogP contribution is 2.27. The molecule has 1 amide bonds. The second-order valence-electron chi connectivity index (χ2n) is 5.10. The van der Waals surface area contributed by atoms with Crippen LogP contribution in [-0.4, -0.2) is 33.2 Å². The van der Waals surface area contributed by atoms with Crippen LogP contribution >= 0.6 is 15.9 Å². The van der Waals surface area contributed by atoms with Crippen LogP contribution in [0.2, 0.25) is 0 Å². The molecular formula is C16H13BrFN5O2. The van der Waals surface area contributed by atoms with Crippen molar-refractivity contribution in [1.82, 2.24) is 20.2 Å². The van der Waals surface area contributed by atoms with Crippen LogP contribution in [0.1, 0.15) is 16.2 Å². The molecule has 1 heterocycles. The van der Waals surface area contributed by atoms with E-state index in [9.17, 15) is 9.18 Å². The summed E-state index contributed by atoms with van der Waals surface area (Å²) in [5, 5.41) is 14.1. The molecule has 0 radical (unpaired) electrons. The van der Waals surface area contributed by atoms with Crippen LogP contribution in [-0.2, 0) is 0 Å². The quantitative estimate of drug-likeness (QED) is 0.720. The number of carbonyl (C=O) groups is 1. The number of tetrazole rings is 1. The molecule has 0 unspecified atom stereocenters. The lowest BCUT2D eigenvalue weighted by Crippen LogP contribution is -2.13. The molecule has 2 aromatic carbocycles. The van der Waals surface area contributed by atoms with Gasteiger partial charge < -0.3 is 10.1 Å². The highest BCUT2D eigenvalue weighted by Gasteiger charge is 2.14. The van der Waals surface area contributed by atoms with Gasteiger partial charge in [0.25, 0.3) is 5.91 Å². The van der Waals surface area contributed by atoms with Gasteiger partial charge in [-0.15, -0.1) is 5.10 Å². The molecule has 128 valence electrons. The lowest BCUT2D eigenvalue weighted by atomic mass is 10.2. The SMILES string of the molecule is COc1ccc(NC(=O)c2ccc(F)cc2Br)cc1-n1nnnc1C. The van der Waals surface area contributed by atoms with E-state index in [2.05, 4.69) is 36.8 Å². The molecule has 0 aliphatic rings. The summed E-state index contributed by atoms with van der Waals surface area (Å²) in [5.41, 5.74) is 1.42. The molecule has 25 heavy (non-hydrogen) atoms. The third-order valence-electron chi connectivity index (χ3n) is 3.47. The van der Waals surface area contributed by atoms with Crippen LogP contribution in [0, 0.1) is 12.7 Å². The van der Waals surface area contributed by atoms with E-state index < -0.39 is 5.82 Å². The molecule has 0 saturated heterocycles. The molecule has 9 heteroatoms. The van der Waals surface area contributed by atoms with Crippen molar-refractivity contribution in [3.8, 4) is 11.4 Å². The summed E-state index contributed by atoms with van der Waals surface area (Å²) in [6.45, 7) is 1.75. The van der Waals surface area contributed by atoms with Crippen molar-refractivity contribution in [2.75, 3.05) is 12.4 Å². The number of halogens is 2. The van der Waals surface area contributed by atoms with Gasteiger partial charge in [0.15, 0.2) is 5.82 Å². The van der Waals surface area contributed by atoms with E-state index in [0.29, 0.717) is 33.0 Å². The Morgan fingerprint density at radius 3 is 2.72 bits per heavy atom. The maximum Gasteiger partial charge on any atom is 0.256 e. The standard InChI is InChI=1S/C16H13BrFN5O2/c1-9-20-21-22-23(9)14-8-11(4-6-15(14)25-2)19-16(24)12-5-3-10(18)7-13(12)17/h3-8H,1-2H3,(H,19,24). The molecule has 0 bridgehead atoms. The number of benzene rings is 2. The number of amides is 1. The zero-order chi connectivity index (χ0) is 18.0. The summed E-state index contributed by atoms with van der Waals surface area (Å²) < 4.78 is 20.4. The molecular weight excluding hydrogens is 393 g/mol. The molecule has 0 aliphatic carbocycles. The number of nitrogens with one attached hydrogen (secondary N) is 1. The van der Waals surface area contributed by atoms with E-state index in [1.54, 1.807) is 25.1 Å². The number of ether oxygens (including phenoxy) is 1. The van der Waals surface area contributed by atoms with Gasteiger partial charge in [0, 0.05) is 10.2 Å². The van der Waals surface area contributed by atoms with E-state index >= 15 is 0 Å². The fraction of sp³-hybridized carbons (Fsp3) is 0.125. The third kappa shape index (κ3) is 3.50. The Bertz CT molecular complexity index is 944. The first-order valence-electron chi connectivity index (χ1n) is 7.19. The third-order valence-corrected chi connectivity index (χ3v) is 4.12. The summed E-state index contributed by atoms with van der Waals surface area (Å²) in [6.07, 6.45) is 0. The summed E-state index contributed by atoms with van der Waals surface area (Å²) in [7, 11) is 1.53. The van der Waals surface area contributed by atoms with Gasteiger partial charge >= 0.3 is 0 Å². The Balaban J connectivity index is 1.93. The second-order valence-corrected chi connectivity index (χ2v) is 5.96. The van der Waals surface area contributed by atoms with Crippen LogP contribution < -0.4 is 10.1 Å². The first-order chi connectivity index (χ1) is 12.0. The van der Waals surface area contributed by atoms with Crippen molar-refractivity contribution >= 4 is 27.5 Å². The number of hydrogen-bond acceptors (Lipinski definition) is 5. The summed E-state index contributed by atoms with van der Waals surface area (Å²) in [6, 6.07) is 8.95. The van der Waals surface area contributed by atoms with E-state index in [4.69, 9.17) is 4.74 Å². The Labute approximate surface area is 150 Å². The number of aromatic nitrogens is 4. The largest absolute Gasteiger partial charge is 0.494 e. The topological polar surface area (TPSA) is 81.9 Å². The van der Waals surface area contributed by atoms with E-state index in [1.807, 2.05) is 0 Å². The van der Waals surface area contributed by atoms with Crippen molar-refractivity contribution in [3.63, 3.8) is 0 Å². The van der Waals surface area contributed by atoms with Crippen LogP contribution in [0.25, 0.3) is 5.69 Å². The average molecular weight is 406 g/mol. The second kappa shape index (κ2) is 6.98. The van der Waals surface area contributed by atoms with Gasteiger partial charge in [-0.3, -0.25) is 4.79 Å². The molecule has 0 fully saturated rings. The highest BCUT2D eigenvalue weighted by atomic mass is 79.9. The van der Waals surface area contributed by atoms with Crippen LogP contribution in [0.3, 0.4) is 0 Å². The predicted octanol–water partition coefficient (Wildman–Crippen LogP) is 3.13. The van der Waals surface area contributed by atoms with E-state index in [-0.39, 0.29) is 5.91 Å². The highest BCUT2D eigenvalue weighted by molar-refractivity contribution is 9.10.